The molecule has 0 aromatic carbocycles. The molecule has 0 atom stereocenters. The van der Waals surface area contributed by atoms with Crippen LogP contribution < -0.4 is 0 Å². The number of Topliss-reactive ketones (excluding diaryl/α,β-unsaturated/α-hetero) is 1. The Kier molecular flexibility index (Phi) is 5.81. The third-order valence-corrected chi connectivity index (χ3v) is 1.66. The molecule has 0 radical (unpaired) electrons. The molecule has 0 aliphatic carbocycles. The first-order chi connectivity index (χ1) is 5.22. The second-order valence-corrected chi connectivity index (χ2v) is 2.85. The molecule has 0 N–H and O–H groups in total. The summed E-state index contributed by atoms with van der Waals surface area (Å²) in [4.78, 5) is 11.2. The SMILES string of the molecule is CCC/C=C(/C)C(=O)CCC. The van der Waals surface area contributed by atoms with E-state index in [2.05, 4.69) is 6.92 Å². The highest BCUT2D eigenvalue weighted by Gasteiger charge is 2.00. The van der Waals surface area contributed by atoms with Gasteiger partial charge in [0.25, 0.3) is 0 Å². The van der Waals surface area contributed by atoms with Gasteiger partial charge in [0.2, 0.25) is 0 Å². The van der Waals surface area contributed by atoms with E-state index in [4.69, 9.17) is 0 Å². The highest BCUT2D eigenvalue weighted by molar-refractivity contribution is 5.94. The number of hydrogen-bond donors (Lipinski definition) is 0. The zero-order valence-electron chi connectivity index (χ0n) is 7.81. The minimum absolute atomic E-state index is 0.306. The van der Waals surface area contributed by atoms with Crippen LogP contribution in [0.2, 0.25) is 0 Å². The van der Waals surface area contributed by atoms with Gasteiger partial charge in [-0.15, -0.1) is 0 Å². The fraction of sp³-hybridized carbons (Fsp3) is 0.700. The molecule has 0 saturated carbocycles. The maximum absolute atomic E-state index is 11.2. The lowest BCUT2D eigenvalue weighted by Crippen LogP contribution is -1.97. The van der Waals surface area contributed by atoms with Crippen molar-refractivity contribution >= 4 is 5.78 Å². The molecule has 0 rings (SSSR count). The zero-order chi connectivity index (χ0) is 8.69. The van der Waals surface area contributed by atoms with Crippen LogP contribution in [-0.2, 0) is 4.79 Å². The monoisotopic (exact) mass is 154 g/mol. The Bertz CT molecular complexity index is 145. The van der Waals surface area contributed by atoms with E-state index in [-0.39, 0.29) is 0 Å². The number of hydrogen-bond acceptors (Lipinski definition) is 1. The van der Waals surface area contributed by atoms with E-state index in [0.29, 0.717) is 12.2 Å². The Labute approximate surface area is 69.5 Å². The molecule has 11 heavy (non-hydrogen) atoms. The summed E-state index contributed by atoms with van der Waals surface area (Å²) in [5.41, 5.74) is 0.939. The lowest BCUT2D eigenvalue weighted by molar-refractivity contribution is -0.115. The van der Waals surface area contributed by atoms with E-state index in [1.54, 1.807) is 0 Å². The molecule has 64 valence electrons. The number of ketones is 1. The van der Waals surface area contributed by atoms with Crippen LogP contribution in [0.15, 0.2) is 11.6 Å². The van der Waals surface area contributed by atoms with Crippen molar-refractivity contribution in [3.8, 4) is 0 Å². The molecule has 1 heteroatoms. The molecule has 0 amide bonds. The van der Waals surface area contributed by atoms with Crippen LogP contribution in [0.25, 0.3) is 0 Å². The number of carbonyl (C=O) groups excluding carboxylic acids is 1. The summed E-state index contributed by atoms with van der Waals surface area (Å²) < 4.78 is 0. The molecule has 0 aromatic heterocycles. The van der Waals surface area contributed by atoms with Gasteiger partial charge in [0, 0.05) is 6.42 Å². The smallest absolute Gasteiger partial charge is 0.158 e. The second kappa shape index (κ2) is 6.14. The quantitative estimate of drug-likeness (QED) is 0.556. The van der Waals surface area contributed by atoms with Crippen molar-refractivity contribution in [2.24, 2.45) is 0 Å². The van der Waals surface area contributed by atoms with Crippen molar-refractivity contribution in [1.82, 2.24) is 0 Å². The molecule has 0 aliphatic heterocycles. The van der Waals surface area contributed by atoms with E-state index >= 15 is 0 Å². The minimum Gasteiger partial charge on any atom is -0.295 e. The Hall–Kier alpha value is -0.590. The second-order valence-electron chi connectivity index (χ2n) is 2.85. The molecule has 0 unspecified atom stereocenters. The number of allylic oxidation sites excluding steroid dienone is 2. The summed E-state index contributed by atoms with van der Waals surface area (Å²) >= 11 is 0. The predicted octanol–water partition coefficient (Wildman–Crippen LogP) is 3.10. The van der Waals surface area contributed by atoms with Gasteiger partial charge in [0.05, 0.1) is 0 Å². The zero-order valence-corrected chi connectivity index (χ0v) is 7.81. The number of rotatable bonds is 5. The maximum Gasteiger partial charge on any atom is 0.158 e. The van der Waals surface area contributed by atoms with Crippen LogP contribution in [-0.4, -0.2) is 5.78 Å². The lowest BCUT2D eigenvalue weighted by Gasteiger charge is -1.97. The minimum atomic E-state index is 0.306. The molecule has 0 saturated heterocycles. The number of carbonyl (C=O) groups is 1. The highest BCUT2D eigenvalue weighted by Crippen LogP contribution is 2.03. The van der Waals surface area contributed by atoms with Gasteiger partial charge < -0.3 is 0 Å². The van der Waals surface area contributed by atoms with E-state index in [1.807, 2.05) is 19.9 Å². The third kappa shape index (κ3) is 4.77. The Balaban J connectivity index is 3.80. The lowest BCUT2D eigenvalue weighted by atomic mass is 10.1. The topological polar surface area (TPSA) is 17.1 Å². The summed E-state index contributed by atoms with van der Waals surface area (Å²) in [5.74, 6) is 0.306. The van der Waals surface area contributed by atoms with E-state index in [9.17, 15) is 4.79 Å². The van der Waals surface area contributed by atoms with Crippen LogP contribution in [0.5, 0.6) is 0 Å². The first-order valence-corrected chi connectivity index (χ1v) is 4.42. The van der Waals surface area contributed by atoms with Gasteiger partial charge in [-0.3, -0.25) is 4.79 Å². The molecule has 0 fully saturated rings. The molecule has 0 spiro atoms. The molecule has 0 aromatic rings. The van der Waals surface area contributed by atoms with E-state index < -0.39 is 0 Å². The van der Waals surface area contributed by atoms with Crippen LogP contribution >= 0.6 is 0 Å². The summed E-state index contributed by atoms with van der Waals surface area (Å²) in [7, 11) is 0. The Morgan fingerprint density at radius 2 is 1.91 bits per heavy atom. The predicted molar refractivity (Wildman–Crippen MR) is 48.6 cm³/mol. The van der Waals surface area contributed by atoms with Crippen LogP contribution in [0.3, 0.4) is 0 Å². The van der Waals surface area contributed by atoms with Gasteiger partial charge in [-0.2, -0.15) is 0 Å². The fourth-order valence-electron chi connectivity index (χ4n) is 0.899. The first-order valence-electron chi connectivity index (χ1n) is 4.42. The first kappa shape index (κ1) is 10.4. The van der Waals surface area contributed by atoms with Crippen molar-refractivity contribution < 1.29 is 4.79 Å². The van der Waals surface area contributed by atoms with Crippen molar-refractivity contribution in [3.63, 3.8) is 0 Å². The average molecular weight is 154 g/mol. The van der Waals surface area contributed by atoms with Crippen LogP contribution in [0.1, 0.15) is 46.5 Å². The van der Waals surface area contributed by atoms with Gasteiger partial charge in [0.1, 0.15) is 0 Å². The van der Waals surface area contributed by atoms with Crippen molar-refractivity contribution in [3.05, 3.63) is 11.6 Å². The third-order valence-electron chi connectivity index (χ3n) is 1.66. The molecule has 0 heterocycles. The Morgan fingerprint density at radius 3 is 2.36 bits per heavy atom. The summed E-state index contributed by atoms with van der Waals surface area (Å²) in [5, 5.41) is 0. The van der Waals surface area contributed by atoms with E-state index in [1.165, 1.54) is 0 Å². The van der Waals surface area contributed by atoms with Gasteiger partial charge in [-0.25, -0.2) is 0 Å². The molecule has 0 aliphatic rings. The molecule has 1 nitrogen and oxygen atoms in total. The van der Waals surface area contributed by atoms with Crippen molar-refractivity contribution in [2.45, 2.75) is 46.5 Å². The van der Waals surface area contributed by atoms with Crippen LogP contribution in [0, 0.1) is 0 Å². The fourth-order valence-corrected chi connectivity index (χ4v) is 0.899. The van der Waals surface area contributed by atoms with E-state index in [0.717, 1.165) is 24.8 Å². The largest absolute Gasteiger partial charge is 0.295 e. The number of unbranched alkanes of at least 4 members (excludes halogenated alkanes) is 1. The summed E-state index contributed by atoms with van der Waals surface area (Å²) in [6.45, 7) is 6.06. The van der Waals surface area contributed by atoms with Gasteiger partial charge in [-0.1, -0.05) is 26.3 Å². The molecular weight excluding hydrogens is 136 g/mol. The van der Waals surface area contributed by atoms with Crippen molar-refractivity contribution in [1.29, 1.82) is 0 Å². The summed E-state index contributed by atoms with van der Waals surface area (Å²) in [6, 6.07) is 0. The average Bonchev–Trinajstić information content (AvgIpc) is 2.00. The van der Waals surface area contributed by atoms with Gasteiger partial charge in [0.15, 0.2) is 5.78 Å². The Morgan fingerprint density at radius 1 is 1.27 bits per heavy atom. The maximum atomic E-state index is 11.2. The highest BCUT2D eigenvalue weighted by atomic mass is 16.1. The van der Waals surface area contributed by atoms with Gasteiger partial charge >= 0.3 is 0 Å². The summed E-state index contributed by atoms with van der Waals surface area (Å²) in [6.07, 6.45) is 5.85. The van der Waals surface area contributed by atoms with Crippen molar-refractivity contribution in [2.75, 3.05) is 0 Å². The normalized spacial score (nSPS) is 11.7. The van der Waals surface area contributed by atoms with Crippen LogP contribution in [0.4, 0.5) is 0 Å². The standard InChI is InChI=1S/C10H18O/c1-4-6-8-9(3)10(11)7-5-2/h8H,4-7H2,1-3H3/b9-8-. The molecular formula is C10H18O. The molecule has 0 bridgehead atoms. The van der Waals surface area contributed by atoms with Gasteiger partial charge in [-0.05, 0) is 25.3 Å².